The van der Waals surface area contributed by atoms with Crippen molar-refractivity contribution in [3.63, 3.8) is 0 Å². The quantitative estimate of drug-likeness (QED) is 0.888. The Kier molecular flexibility index (Phi) is 4.53. The molecule has 1 aromatic rings. The molecule has 0 radical (unpaired) electrons. The Morgan fingerprint density at radius 3 is 2.53 bits per heavy atom. The molecule has 0 bridgehead atoms. The van der Waals surface area contributed by atoms with Crippen LogP contribution in [0.2, 0.25) is 0 Å². The fourth-order valence-electron chi connectivity index (χ4n) is 2.40. The zero-order valence-corrected chi connectivity index (χ0v) is 11.2. The average Bonchev–Trinajstić information content (AvgIpc) is 2.48. The molecule has 0 aliphatic carbocycles. The number of rotatable bonds is 3. The molecule has 1 fully saturated rings. The summed E-state index contributed by atoms with van der Waals surface area (Å²) in [6, 6.07) is 9.86. The number of carbonyl (C=O) groups is 1. The van der Waals surface area contributed by atoms with E-state index < -0.39 is 0 Å². The molecule has 1 aromatic carbocycles. The number of hydrogen-bond donors (Lipinski definition) is 1. The second-order valence-corrected chi connectivity index (χ2v) is 4.93. The van der Waals surface area contributed by atoms with Crippen molar-refractivity contribution in [3.05, 3.63) is 35.4 Å². The van der Waals surface area contributed by atoms with Crippen molar-refractivity contribution in [2.75, 3.05) is 20.1 Å². The number of benzene rings is 1. The fourth-order valence-corrected chi connectivity index (χ4v) is 2.40. The number of hydrogen-bond acceptors (Lipinski definition) is 3. The molecule has 0 spiro atoms. The van der Waals surface area contributed by atoms with E-state index in [0.29, 0.717) is 18.0 Å². The highest BCUT2D eigenvalue weighted by Gasteiger charge is 2.21. The molecule has 1 saturated heterocycles. The van der Waals surface area contributed by atoms with Gasteiger partial charge in [0.05, 0.1) is 18.1 Å². The van der Waals surface area contributed by atoms with Crippen LogP contribution in [0.5, 0.6) is 0 Å². The van der Waals surface area contributed by atoms with Crippen LogP contribution in [0.15, 0.2) is 24.3 Å². The van der Waals surface area contributed by atoms with Gasteiger partial charge in [0.2, 0.25) is 5.91 Å². The summed E-state index contributed by atoms with van der Waals surface area (Å²) in [6.45, 7) is 1.67. The summed E-state index contributed by atoms with van der Waals surface area (Å²) in [5.74, 6) is 0.180. The zero-order valence-electron chi connectivity index (χ0n) is 11.2. The van der Waals surface area contributed by atoms with Gasteiger partial charge in [0.15, 0.2) is 0 Å². The van der Waals surface area contributed by atoms with E-state index in [9.17, 15) is 4.79 Å². The third-order valence-corrected chi connectivity index (χ3v) is 3.69. The van der Waals surface area contributed by atoms with Crippen LogP contribution in [0.4, 0.5) is 0 Å². The zero-order chi connectivity index (χ0) is 13.7. The Morgan fingerprint density at radius 1 is 1.37 bits per heavy atom. The fraction of sp³-hybridized carbons (Fsp3) is 0.467. The smallest absolute Gasteiger partial charge is 0.226 e. The predicted octanol–water partition coefficient (Wildman–Crippen LogP) is 1.31. The van der Waals surface area contributed by atoms with Crippen molar-refractivity contribution >= 4 is 5.91 Å². The summed E-state index contributed by atoms with van der Waals surface area (Å²) >= 11 is 0. The van der Waals surface area contributed by atoms with Gasteiger partial charge in [0, 0.05) is 19.1 Å². The van der Waals surface area contributed by atoms with Crippen LogP contribution in [-0.4, -0.2) is 37.0 Å². The number of piperidine rings is 1. The average molecular weight is 257 g/mol. The van der Waals surface area contributed by atoms with Gasteiger partial charge in [0.1, 0.15) is 0 Å². The summed E-state index contributed by atoms with van der Waals surface area (Å²) in [5.41, 5.74) is 1.60. The van der Waals surface area contributed by atoms with E-state index in [0.717, 1.165) is 31.5 Å². The van der Waals surface area contributed by atoms with Gasteiger partial charge < -0.3 is 10.2 Å². The van der Waals surface area contributed by atoms with Crippen molar-refractivity contribution in [2.24, 2.45) is 0 Å². The Hall–Kier alpha value is -1.86. The minimum atomic E-state index is 0.180. The molecule has 1 heterocycles. The molecule has 1 amide bonds. The molecule has 1 N–H and O–H groups in total. The first-order valence-electron chi connectivity index (χ1n) is 6.67. The summed E-state index contributed by atoms with van der Waals surface area (Å²) in [6.07, 6.45) is 2.47. The lowest BCUT2D eigenvalue weighted by molar-refractivity contribution is -0.131. The van der Waals surface area contributed by atoms with Gasteiger partial charge in [-0.15, -0.1) is 0 Å². The molecular weight excluding hydrogens is 238 g/mol. The second-order valence-electron chi connectivity index (χ2n) is 4.93. The van der Waals surface area contributed by atoms with Crippen LogP contribution in [0.25, 0.3) is 0 Å². The molecular formula is C15H19N3O. The summed E-state index contributed by atoms with van der Waals surface area (Å²) in [5, 5.41) is 12.0. The topological polar surface area (TPSA) is 56.1 Å². The van der Waals surface area contributed by atoms with Gasteiger partial charge in [-0.25, -0.2) is 0 Å². The molecule has 0 saturated carbocycles. The second kappa shape index (κ2) is 6.35. The van der Waals surface area contributed by atoms with Gasteiger partial charge >= 0.3 is 0 Å². The highest BCUT2D eigenvalue weighted by molar-refractivity contribution is 5.78. The summed E-state index contributed by atoms with van der Waals surface area (Å²) in [4.78, 5) is 14.1. The number of nitriles is 1. The van der Waals surface area contributed by atoms with E-state index in [4.69, 9.17) is 5.26 Å². The lowest BCUT2D eigenvalue weighted by Crippen LogP contribution is -2.44. The number of amides is 1. The highest BCUT2D eigenvalue weighted by Crippen LogP contribution is 2.12. The van der Waals surface area contributed by atoms with E-state index in [1.165, 1.54) is 0 Å². The maximum atomic E-state index is 12.2. The Bertz CT molecular complexity index is 467. The van der Waals surface area contributed by atoms with Crippen LogP contribution in [-0.2, 0) is 11.2 Å². The molecule has 0 atom stereocenters. The number of likely N-dealkylation sites (tertiary alicyclic amines) is 1. The third kappa shape index (κ3) is 3.55. The molecule has 4 nitrogen and oxygen atoms in total. The van der Waals surface area contributed by atoms with E-state index in [1.54, 1.807) is 12.1 Å². The minimum Gasteiger partial charge on any atom is -0.342 e. The summed E-state index contributed by atoms with van der Waals surface area (Å²) < 4.78 is 0. The molecule has 0 unspecified atom stereocenters. The van der Waals surface area contributed by atoms with Gasteiger partial charge in [-0.2, -0.15) is 5.26 Å². The summed E-state index contributed by atoms with van der Waals surface area (Å²) in [7, 11) is 1.97. The maximum Gasteiger partial charge on any atom is 0.226 e. The van der Waals surface area contributed by atoms with Crippen molar-refractivity contribution < 1.29 is 4.79 Å². The first-order valence-corrected chi connectivity index (χ1v) is 6.67. The van der Waals surface area contributed by atoms with Gasteiger partial charge in [-0.05, 0) is 37.6 Å². The largest absolute Gasteiger partial charge is 0.342 e. The standard InChI is InChI=1S/C15H19N3O/c1-17-14-6-8-18(9-7-14)15(19)10-12-2-4-13(11-16)5-3-12/h2-5,14,17H,6-10H2,1H3. The van der Waals surface area contributed by atoms with Crippen LogP contribution >= 0.6 is 0 Å². The van der Waals surface area contributed by atoms with Crippen LogP contribution in [0.1, 0.15) is 24.0 Å². The molecule has 0 aromatic heterocycles. The van der Waals surface area contributed by atoms with Gasteiger partial charge in [-0.1, -0.05) is 12.1 Å². The molecule has 2 rings (SSSR count). The lowest BCUT2D eigenvalue weighted by atomic mass is 10.0. The van der Waals surface area contributed by atoms with Gasteiger partial charge in [0.25, 0.3) is 0 Å². The van der Waals surface area contributed by atoms with E-state index >= 15 is 0 Å². The lowest BCUT2D eigenvalue weighted by Gasteiger charge is -2.31. The Balaban J connectivity index is 1.89. The highest BCUT2D eigenvalue weighted by atomic mass is 16.2. The van der Waals surface area contributed by atoms with E-state index in [1.807, 2.05) is 24.1 Å². The number of nitrogens with one attached hydrogen (secondary N) is 1. The first kappa shape index (κ1) is 13.6. The molecule has 19 heavy (non-hydrogen) atoms. The van der Waals surface area contributed by atoms with Crippen molar-refractivity contribution in [2.45, 2.75) is 25.3 Å². The van der Waals surface area contributed by atoms with Crippen molar-refractivity contribution in [1.82, 2.24) is 10.2 Å². The molecule has 100 valence electrons. The monoisotopic (exact) mass is 257 g/mol. The van der Waals surface area contributed by atoms with Crippen molar-refractivity contribution in [3.8, 4) is 6.07 Å². The SMILES string of the molecule is CNC1CCN(C(=O)Cc2ccc(C#N)cc2)CC1. The molecule has 1 aliphatic rings. The van der Waals surface area contributed by atoms with Crippen LogP contribution < -0.4 is 5.32 Å². The normalized spacial score (nSPS) is 16.1. The van der Waals surface area contributed by atoms with Crippen molar-refractivity contribution in [1.29, 1.82) is 5.26 Å². The first-order chi connectivity index (χ1) is 9.22. The van der Waals surface area contributed by atoms with Gasteiger partial charge in [-0.3, -0.25) is 4.79 Å². The van der Waals surface area contributed by atoms with E-state index in [2.05, 4.69) is 11.4 Å². The van der Waals surface area contributed by atoms with E-state index in [-0.39, 0.29) is 5.91 Å². The third-order valence-electron chi connectivity index (χ3n) is 3.69. The molecule has 1 aliphatic heterocycles. The predicted molar refractivity (Wildman–Crippen MR) is 73.5 cm³/mol. The van der Waals surface area contributed by atoms with Crippen LogP contribution in [0.3, 0.4) is 0 Å². The molecule has 4 heteroatoms. The number of carbonyl (C=O) groups excluding carboxylic acids is 1. The van der Waals surface area contributed by atoms with Crippen LogP contribution in [0, 0.1) is 11.3 Å². The Labute approximate surface area is 114 Å². The maximum absolute atomic E-state index is 12.2. The number of nitrogens with zero attached hydrogens (tertiary/aromatic N) is 2. The minimum absolute atomic E-state index is 0.180. The Morgan fingerprint density at radius 2 is 2.00 bits per heavy atom.